The van der Waals surface area contributed by atoms with E-state index in [1.165, 1.54) is 11.8 Å². The van der Waals surface area contributed by atoms with Gasteiger partial charge in [0.05, 0.1) is 32.2 Å². The van der Waals surface area contributed by atoms with E-state index in [9.17, 15) is 9.59 Å². The predicted octanol–water partition coefficient (Wildman–Crippen LogP) is 0.0638. The van der Waals surface area contributed by atoms with Crippen LogP contribution in [0.15, 0.2) is 30.3 Å². The summed E-state index contributed by atoms with van der Waals surface area (Å²) >= 11 is 0. The highest BCUT2D eigenvalue weighted by atomic mass is 16.5. The minimum atomic E-state index is -0.308. The SMILES string of the molecule is CC(=O)N[C@@H](CC(=O)NCC(C)(C)[NH+]1CCOCC1)c1ccccc1. The Kier molecular flexibility index (Phi) is 6.96. The van der Waals surface area contributed by atoms with Crippen molar-refractivity contribution in [1.29, 1.82) is 0 Å². The zero-order valence-corrected chi connectivity index (χ0v) is 15.4. The predicted molar refractivity (Wildman–Crippen MR) is 96.2 cm³/mol. The van der Waals surface area contributed by atoms with Crippen LogP contribution in [0.1, 0.15) is 38.8 Å². The smallest absolute Gasteiger partial charge is 0.222 e. The van der Waals surface area contributed by atoms with E-state index in [1.54, 1.807) is 0 Å². The zero-order chi connectivity index (χ0) is 18.3. The number of morpholine rings is 1. The molecule has 1 aliphatic heterocycles. The van der Waals surface area contributed by atoms with Gasteiger partial charge < -0.3 is 20.3 Å². The monoisotopic (exact) mass is 348 g/mol. The van der Waals surface area contributed by atoms with Crippen molar-refractivity contribution in [3.8, 4) is 0 Å². The maximum atomic E-state index is 12.4. The Balaban J connectivity index is 1.91. The molecule has 0 aliphatic carbocycles. The number of nitrogens with one attached hydrogen (secondary N) is 3. The molecule has 6 nitrogen and oxygen atoms in total. The fourth-order valence-electron chi connectivity index (χ4n) is 3.18. The molecule has 3 N–H and O–H groups in total. The van der Waals surface area contributed by atoms with Crippen molar-refractivity contribution in [3.63, 3.8) is 0 Å². The van der Waals surface area contributed by atoms with Crippen molar-refractivity contribution >= 4 is 11.8 Å². The lowest BCUT2D eigenvalue weighted by atomic mass is 10.0. The molecule has 138 valence electrons. The minimum absolute atomic E-state index is 0.0459. The first-order valence-corrected chi connectivity index (χ1v) is 8.90. The van der Waals surface area contributed by atoms with E-state index in [4.69, 9.17) is 4.74 Å². The van der Waals surface area contributed by atoms with Crippen LogP contribution in [0.5, 0.6) is 0 Å². The first kappa shape index (κ1) is 19.4. The Labute approximate surface area is 149 Å². The van der Waals surface area contributed by atoms with Gasteiger partial charge in [-0.05, 0) is 19.4 Å². The van der Waals surface area contributed by atoms with E-state index in [2.05, 4.69) is 24.5 Å². The number of hydrogen-bond donors (Lipinski definition) is 3. The normalized spacial score (nSPS) is 16.9. The van der Waals surface area contributed by atoms with E-state index < -0.39 is 0 Å². The quantitative estimate of drug-likeness (QED) is 0.653. The summed E-state index contributed by atoms with van der Waals surface area (Å²) in [7, 11) is 0. The highest BCUT2D eigenvalue weighted by Crippen LogP contribution is 2.16. The Bertz CT molecular complexity index is 569. The molecule has 0 aromatic heterocycles. The fourth-order valence-corrected chi connectivity index (χ4v) is 3.18. The molecular weight excluding hydrogens is 318 g/mol. The molecule has 0 bridgehead atoms. The third-order valence-electron chi connectivity index (χ3n) is 4.75. The number of hydrogen-bond acceptors (Lipinski definition) is 3. The van der Waals surface area contributed by atoms with Gasteiger partial charge in [-0.3, -0.25) is 9.59 Å². The van der Waals surface area contributed by atoms with Gasteiger partial charge in [-0.2, -0.15) is 0 Å². The molecule has 0 saturated carbocycles. The number of carbonyl (C=O) groups is 2. The maximum absolute atomic E-state index is 12.4. The van der Waals surface area contributed by atoms with Crippen LogP contribution < -0.4 is 15.5 Å². The molecule has 25 heavy (non-hydrogen) atoms. The van der Waals surface area contributed by atoms with Crippen molar-refractivity contribution in [2.75, 3.05) is 32.8 Å². The maximum Gasteiger partial charge on any atom is 0.222 e. The lowest BCUT2D eigenvalue weighted by Gasteiger charge is -2.37. The summed E-state index contributed by atoms with van der Waals surface area (Å²) in [5.41, 5.74) is 0.890. The second kappa shape index (κ2) is 8.97. The van der Waals surface area contributed by atoms with Gasteiger partial charge in [0.15, 0.2) is 0 Å². The standard InChI is InChI=1S/C19H29N3O3/c1-15(23)21-17(16-7-5-4-6-8-16)13-18(24)20-14-19(2,3)22-9-11-25-12-10-22/h4-8,17H,9-14H2,1-3H3,(H,20,24)(H,21,23)/p+1/t17-/m0/s1. The first-order valence-electron chi connectivity index (χ1n) is 8.90. The second-order valence-electron chi connectivity index (χ2n) is 7.24. The van der Waals surface area contributed by atoms with E-state index >= 15 is 0 Å². The lowest BCUT2D eigenvalue weighted by molar-refractivity contribution is -0.954. The van der Waals surface area contributed by atoms with Gasteiger partial charge in [0.1, 0.15) is 18.6 Å². The number of rotatable bonds is 7. The van der Waals surface area contributed by atoms with Crippen LogP contribution in [0.4, 0.5) is 0 Å². The molecule has 1 atom stereocenters. The van der Waals surface area contributed by atoms with Gasteiger partial charge in [-0.25, -0.2) is 0 Å². The fraction of sp³-hybridized carbons (Fsp3) is 0.579. The molecule has 0 radical (unpaired) electrons. The molecule has 2 rings (SSSR count). The Morgan fingerprint density at radius 1 is 1.20 bits per heavy atom. The van der Waals surface area contributed by atoms with Crippen LogP contribution in [0.2, 0.25) is 0 Å². The summed E-state index contributed by atoms with van der Waals surface area (Å²) in [6, 6.07) is 9.28. The van der Waals surface area contributed by atoms with E-state index in [-0.39, 0.29) is 29.8 Å². The van der Waals surface area contributed by atoms with Crippen molar-refractivity contribution in [3.05, 3.63) is 35.9 Å². The molecule has 1 heterocycles. The van der Waals surface area contributed by atoms with E-state index in [1.807, 2.05) is 30.3 Å². The van der Waals surface area contributed by atoms with Gasteiger partial charge in [-0.15, -0.1) is 0 Å². The molecule has 1 aromatic carbocycles. The van der Waals surface area contributed by atoms with Gasteiger partial charge in [0.25, 0.3) is 0 Å². The highest BCUT2D eigenvalue weighted by Gasteiger charge is 2.32. The Morgan fingerprint density at radius 2 is 1.84 bits per heavy atom. The van der Waals surface area contributed by atoms with Crippen molar-refractivity contribution < 1.29 is 19.2 Å². The third kappa shape index (κ3) is 6.14. The first-order chi connectivity index (χ1) is 11.9. The van der Waals surface area contributed by atoms with Gasteiger partial charge in [0.2, 0.25) is 11.8 Å². The van der Waals surface area contributed by atoms with Gasteiger partial charge in [-0.1, -0.05) is 30.3 Å². The van der Waals surface area contributed by atoms with Crippen LogP contribution in [-0.4, -0.2) is 50.2 Å². The Hall–Kier alpha value is -1.92. The van der Waals surface area contributed by atoms with Crippen molar-refractivity contribution in [2.24, 2.45) is 0 Å². The average molecular weight is 348 g/mol. The van der Waals surface area contributed by atoms with Crippen LogP contribution in [0, 0.1) is 0 Å². The summed E-state index contributed by atoms with van der Waals surface area (Å²) in [4.78, 5) is 25.4. The molecule has 2 amide bonds. The third-order valence-corrected chi connectivity index (χ3v) is 4.75. The molecule has 1 aromatic rings. The van der Waals surface area contributed by atoms with Gasteiger partial charge in [0, 0.05) is 6.92 Å². The molecule has 1 aliphatic rings. The molecule has 0 unspecified atom stereocenters. The van der Waals surface area contributed by atoms with Crippen LogP contribution in [-0.2, 0) is 14.3 Å². The number of quaternary nitrogens is 1. The number of amides is 2. The largest absolute Gasteiger partial charge is 0.370 e. The summed E-state index contributed by atoms with van der Waals surface area (Å²) in [5.74, 6) is -0.192. The molecule has 1 fully saturated rings. The number of benzene rings is 1. The molecule has 1 saturated heterocycles. The van der Waals surface area contributed by atoms with Crippen molar-refractivity contribution in [1.82, 2.24) is 10.6 Å². The van der Waals surface area contributed by atoms with Crippen LogP contribution in [0.3, 0.4) is 0 Å². The van der Waals surface area contributed by atoms with Gasteiger partial charge >= 0.3 is 0 Å². The summed E-state index contributed by atoms with van der Waals surface area (Å²) in [6.45, 7) is 9.85. The molecule has 0 spiro atoms. The van der Waals surface area contributed by atoms with E-state index in [0.717, 1.165) is 31.9 Å². The summed E-state index contributed by atoms with van der Waals surface area (Å²) < 4.78 is 5.41. The van der Waals surface area contributed by atoms with E-state index in [0.29, 0.717) is 6.54 Å². The topological polar surface area (TPSA) is 71.9 Å². The zero-order valence-electron chi connectivity index (χ0n) is 15.4. The summed E-state index contributed by atoms with van der Waals surface area (Å²) in [6.07, 6.45) is 0.234. The highest BCUT2D eigenvalue weighted by molar-refractivity contribution is 5.79. The number of ether oxygens (including phenoxy) is 1. The van der Waals surface area contributed by atoms with Crippen molar-refractivity contribution in [2.45, 2.75) is 38.8 Å². The number of carbonyl (C=O) groups excluding carboxylic acids is 2. The Morgan fingerprint density at radius 3 is 2.44 bits per heavy atom. The molecule has 6 heteroatoms. The lowest BCUT2D eigenvalue weighted by Crippen LogP contribution is -3.22. The molecular formula is C19H30N3O3+. The minimum Gasteiger partial charge on any atom is -0.370 e. The van der Waals surface area contributed by atoms with Crippen LogP contribution >= 0.6 is 0 Å². The van der Waals surface area contributed by atoms with Crippen LogP contribution in [0.25, 0.3) is 0 Å². The summed E-state index contributed by atoms with van der Waals surface area (Å²) in [5, 5.41) is 5.91. The average Bonchev–Trinajstić information content (AvgIpc) is 2.61. The second-order valence-corrected chi connectivity index (χ2v) is 7.24.